The smallest absolute Gasteiger partial charge is 0.239 e. The second-order valence-corrected chi connectivity index (χ2v) is 3.77. The highest BCUT2D eigenvalue weighted by atomic mass is 16.2. The molecule has 0 aromatic carbocycles. The van der Waals surface area contributed by atoms with Crippen LogP contribution in [0.1, 0.15) is 13.8 Å². The molecule has 0 bridgehead atoms. The van der Waals surface area contributed by atoms with Crippen LogP contribution in [0.3, 0.4) is 0 Å². The number of hydrogen-bond donors (Lipinski definition) is 1. The number of nitrogens with two attached hydrogens (primary N) is 1. The van der Waals surface area contributed by atoms with Gasteiger partial charge in [-0.25, -0.2) is 5.32 Å². The quantitative estimate of drug-likeness (QED) is 0.624. The molecule has 1 saturated heterocycles. The lowest BCUT2D eigenvalue weighted by Crippen LogP contribution is -2.51. The van der Waals surface area contributed by atoms with E-state index in [4.69, 9.17) is 5.73 Å². The zero-order valence-electron chi connectivity index (χ0n) is 8.36. The maximum Gasteiger partial charge on any atom is 0.239 e. The van der Waals surface area contributed by atoms with E-state index in [2.05, 4.69) is 5.32 Å². The van der Waals surface area contributed by atoms with Gasteiger partial charge in [0.1, 0.15) is 0 Å². The zero-order chi connectivity index (χ0) is 9.84. The number of piperazine rings is 1. The van der Waals surface area contributed by atoms with Crippen molar-refractivity contribution in [2.24, 2.45) is 11.7 Å². The second-order valence-electron chi connectivity index (χ2n) is 3.77. The molecule has 0 saturated carbocycles. The summed E-state index contributed by atoms with van der Waals surface area (Å²) in [5.41, 5.74) is 5.77. The van der Waals surface area contributed by atoms with Gasteiger partial charge in [0.2, 0.25) is 5.91 Å². The molecule has 1 radical (unpaired) electrons. The number of carbonyl (C=O) groups is 1. The third-order valence-electron chi connectivity index (χ3n) is 2.37. The SMILES string of the molecule is CC(C)[C@H](N)C(=O)N1CC[N]CC1. The molecule has 4 heteroatoms. The van der Waals surface area contributed by atoms with Crippen molar-refractivity contribution in [2.45, 2.75) is 19.9 Å². The van der Waals surface area contributed by atoms with Gasteiger partial charge in [0.25, 0.3) is 0 Å². The normalized spacial score (nSPS) is 20.5. The van der Waals surface area contributed by atoms with Crippen molar-refractivity contribution in [1.82, 2.24) is 10.2 Å². The third kappa shape index (κ3) is 2.67. The molecule has 0 aromatic rings. The van der Waals surface area contributed by atoms with Crippen LogP contribution < -0.4 is 11.1 Å². The molecule has 1 atom stereocenters. The summed E-state index contributed by atoms with van der Waals surface area (Å²) < 4.78 is 0. The Morgan fingerprint density at radius 3 is 2.38 bits per heavy atom. The van der Waals surface area contributed by atoms with Gasteiger partial charge in [-0.15, -0.1) is 0 Å². The Bertz CT molecular complexity index is 176. The van der Waals surface area contributed by atoms with Crippen molar-refractivity contribution in [3.63, 3.8) is 0 Å². The van der Waals surface area contributed by atoms with E-state index in [1.807, 2.05) is 18.7 Å². The number of hydrogen-bond acceptors (Lipinski definition) is 2. The Labute approximate surface area is 79.5 Å². The molecule has 75 valence electrons. The van der Waals surface area contributed by atoms with E-state index in [0.29, 0.717) is 0 Å². The van der Waals surface area contributed by atoms with Crippen LogP contribution in [-0.4, -0.2) is 43.0 Å². The Hall–Kier alpha value is -0.610. The Kier molecular flexibility index (Phi) is 3.69. The Morgan fingerprint density at radius 1 is 1.38 bits per heavy atom. The van der Waals surface area contributed by atoms with Crippen molar-refractivity contribution in [1.29, 1.82) is 0 Å². The molecule has 1 rings (SSSR count). The molecular formula is C9H18N3O. The van der Waals surface area contributed by atoms with E-state index in [9.17, 15) is 4.79 Å². The highest BCUT2D eigenvalue weighted by molar-refractivity contribution is 5.82. The summed E-state index contributed by atoms with van der Waals surface area (Å²) in [6.07, 6.45) is 0. The van der Waals surface area contributed by atoms with E-state index in [-0.39, 0.29) is 17.9 Å². The fraction of sp³-hybridized carbons (Fsp3) is 0.889. The minimum atomic E-state index is -0.349. The molecule has 0 aromatic heterocycles. The molecule has 1 aliphatic rings. The first-order chi connectivity index (χ1) is 6.13. The van der Waals surface area contributed by atoms with Crippen molar-refractivity contribution in [2.75, 3.05) is 26.2 Å². The van der Waals surface area contributed by atoms with Crippen LogP contribution in [0.2, 0.25) is 0 Å². The number of rotatable bonds is 2. The predicted octanol–water partition coefficient (Wildman–Crippen LogP) is -0.584. The minimum absolute atomic E-state index is 0.0740. The summed E-state index contributed by atoms with van der Waals surface area (Å²) in [5.74, 6) is 0.288. The van der Waals surface area contributed by atoms with E-state index in [0.717, 1.165) is 26.2 Å². The molecule has 0 unspecified atom stereocenters. The summed E-state index contributed by atoms with van der Waals surface area (Å²) >= 11 is 0. The average Bonchev–Trinajstić information content (AvgIpc) is 2.17. The lowest BCUT2D eigenvalue weighted by Gasteiger charge is -2.30. The highest BCUT2D eigenvalue weighted by Crippen LogP contribution is 2.04. The van der Waals surface area contributed by atoms with E-state index >= 15 is 0 Å². The molecule has 1 aliphatic heterocycles. The first-order valence-corrected chi connectivity index (χ1v) is 4.80. The molecule has 1 heterocycles. The molecule has 1 fully saturated rings. The van der Waals surface area contributed by atoms with E-state index in [1.54, 1.807) is 0 Å². The summed E-state index contributed by atoms with van der Waals surface area (Å²) in [6, 6.07) is -0.349. The van der Waals surface area contributed by atoms with Crippen molar-refractivity contribution < 1.29 is 4.79 Å². The third-order valence-corrected chi connectivity index (χ3v) is 2.37. The van der Waals surface area contributed by atoms with Gasteiger partial charge in [-0.05, 0) is 5.92 Å². The summed E-state index contributed by atoms with van der Waals surface area (Å²) in [4.78, 5) is 13.5. The van der Waals surface area contributed by atoms with Crippen molar-refractivity contribution in [3.8, 4) is 0 Å². The molecule has 0 spiro atoms. The second kappa shape index (κ2) is 4.58. The summed E-state index contributed by atoms with van der Waals surface area (Å²) in [7, 11) is 0. The fourth-order valence-corrected chi connectivity index (χ4v) is 1.32. The summed E-state index contributed by atoms with van der Waals surface area (Å²) in [6.45, 7) is 6.93. The van der Waals surface area contributed by atoms with Crippen LogP contribution in [0.5, 0.6) is 0 Å². The van der Waals surface area contributed by atoms with Gasteiger partial charge in [-0.1, -0.05) is 13.8 Å². The van der Waals surface area contributed by atoms with E-state index in [1.165, 1.54) is 0 Å². The lowest BCUT2D eigenvalue weighted by atomic mass is 10.0. The van der Waals surface area contributed by atoms with Gasteiger partial charge in [0.05, 0.1) is 6.04 Å². The standard InChI is InChI=1S/C9H18N3O/c1-7(2)8(10)9(13)12-5-3-11-4-6-12/h7-8H,3-6,10H2,1-2H3/t8-/m0/s1. The summed E-state index contributed by atoms with van der Waals surface area (Å²) in [5, 5.41) is 4.18. The average molecular weight is 184 g/mol. The van der Waals surface area contributed by atoms with Gasteiger partial charge in [-0.3, -0.25) is 4.79 Å². The molecule has 0 aliphatic carbocycles. The lowest BCUT2D eigenvalue weighted by molar-refractivity contribution is -0.134. The van der Waals surface area contributed by atoms with Gasteiger partial charge in [0, 0.05) is 26.2 Å². The predicted molar refractivity (Wildman–Crippen MR) is 51.3 cm³/mol. The molecule has 2 N–H and O–H groups in total. The van der Waals surface area contributed by atoms with E-state index < -0.39 is 0 Å². The van der Waals surface area contributed by atoms with Gasteiger partial charge >= 0.3 is 0 Å². The molecule has 4 nitrogen and oxygen atoms in total. The first-order valence-electron chi connectivity index (χ1n) is 4.80. The number of nitrogens with zero attached hydrogens (tertiary/aromatic N) is 2. The van der Waals surface area contributed by atoms with Crippen molar-refractivity contribution >= 4 is 5.91 Å². The van der Waals surface area contributed by atoms with Crippen molar-refractivity contribution in [3.05, 3.63) is 0 Å². The van der Waals surface area contributed by atoms with Crippen LogP contribution in [0.15, 0.2) is 0 Å². The van der Waals surface area contributed by atoms with Crippen LogP contribution in [0.4, 0.5) is 0 Å². The van der Waals surface area contributed by atoms with Gasteiger partial charge in [0.15, 0.2) is 0 Å². The van der Waals surface area contributed by atoms with Gasteiger partial charge in [-0.2, -0.15) is 0 Å². The number of amides is 1. The highest BCUT2D eigenvalue weighted by Gasteiger charge is 2.24. The zero-order valence-corrected chi connectivity index (χ0v) is 8.36. The Balaban J connectivity index is 2.45. The molecule has 1 amide bonds. The van der Waals surface area contributed by atoms with Crippen LogP contribution in [-0.2, 0) is 4.79 Å². The van der Waals surface area contributed by atoms with Crippen LogP contribution in [0.25, 0.3) is 0 Å². The topological polar surface area (TPSA) is 60.4 Å². The molecule has 13 heavy (non-hydrogen) atoms. The monoisotopic (exact) mass is 184 g/mol. The fourth-order valence-electron chi connectivity index (χ4n) is 1.32. The minimum Gasteiger partial charge on any atom is -0.339 e. The maximum atomic E-state index is 11.7. The number of carbonyl (C=O) groups excluding carboxylic acids is 1. The maximum absolute atomic E-state index is 11.7. The molecular weight excluding hydrogens is 166 g/mol. The van der Waals surface area contributed by atoms with Crippen LogP contribution in [0, 0.1) is 5.92 Å². The van der Waals surface area contributed by atoms with Crippen LogP contribution >= 0.6 is 0 Å². The first kappa shape index (κ1) is 10.5. The van der Waals surface area contributed by atoms with Gasteiger partial charge < -0.3 is 10.6 Å². The Morgan fingerprint density at radius 2 is 1.92 bits per heavy atom. The largest absolute Gasteiger partial charge is 0.339 e.